The summed E-state index contributed by atoms with van der Waals surface area (Å²) in [4.78, 5) is 4.84. The first-order chi connectivity index (χ1) is 13.7. The third-order valence-corrected chi connectivity index (χ3v) is 6.05. The Balaban J connectivity index is 0.00000240. The van der Waals surface area contributed by atoms with Gasteiger partial charge in [0.25, 0.3) is 0 Å². The van der Waals surface area contributed by atoms with Crippen LogP contribution in [0.5, 0.6) is 11.5 Å². The van der Waals surface area contributed by atoms with Gasteiger partial charge in [-0.3, -0.25) is 0 Å². The highest BCUT2D eigenvalue weighted by Crippen LogP contribution is 2.34. The topological polar surface area (TPSA) is 64.1 Å². The third kappa shape index (κ3) is 5.69. The lowest BCUT2D eigenvalue weighted by Gasteiger charge is -2.23. The number of methoxy groups -OCH3 is 1. The lowest BCUT2D eigenvalue weighted by Crippen LogP contribution is -2.47. The van der Waals surface area contributed by atoms with Crippen molar-refractivity contribution < 1.29 is 14.2 Å². The van der Waals surface area contributed by atoms with Gasteiger partial charge in [0.2, 0.25) is 0 Å². The second-order valence-corrected chi connectivity index (χ2v) is 8.05. The van der Waals surface area contributed by atoms with Crippen LogP contribution in [0.1, 0.15) is 57.4 Å². The average Bonchev–Trinajstić information content (AvgIpc) is 3.45. The summed E-state index contributed by atoms with van der Waals surface area (Å²) >= 11 is 0. The van der Waals surface area contributed by atoms with E-state index < -0.39 is 0 Å². The van der Waals surface area contributed by atoms with E-state index in [2.05, 4.69) is 23.6 Å². The van der Waals surface area contributed by atoms with Crippen molar-refractivity contribution in [2.45, 2.75) is 82.8 Å². The van der Waals surface area contributed by atoms with Crippen LogP contribution >= 0.6 is 24.0 Å². The van der Waals surface area contributed by atoms with Crippen LogP contribution in [-0.2, 0) is 11.3 Å². The number of aliphatic imine (C=N–C) groups is 1. The number of benzene rings is 1. The molecule has 2 bridgehead atoms. The standard InChI is InChI=1S/C22H33N3O3.HI/c1-3-23-22(25-19-12-18-10-11-20(19)28-18)24-14-15-8-9-17(26-2)13-21(15)27-16-6-4-5-7-16;/h8-9,13,16,18-20H,3-7,10-12,14H2,1-2H3,(H2,23,24,25);1H. The molecule has 0 aromatic heterocycles. The summed E-state index contributed by atoms with van der Waals surface area (Å²) < 4.78 is 17.7. The number of nitrogens with one attached hydrogen (secondary N) is 2. The summed E-state index contributed by atoms with van der Waals surface area (Å²) in [6.07, 6.45) is 9.27. The lowest BCUT2D eigenvalue weighted by atomic mass is 9.96. The van der Waals surface area contributed by atoms with Gasteiger partial charge in [-0.25, -0.2) is 4.99 Å². The number of hydrogen-bond acceptors (Lipinski definition) is 4. The number of halogens is 1. The molecule has 2 N–H and O–H groups in total. The monoisotopic (exact) mass is 515 g/mol. The van der Waals surface area contributed by atoms with E-state index in [1.807, 2.05) is 12.1 Å². The Hall–Kier alpha value is -1.22. The molecule has 3 aliphatic rings. The van der Waals surface area contributed by atoms with Crippen LogP contribution in [0.15, 0.2) is 23.2 Å². The smallest absolute Gasteiger partial charge is 0.191 e. The van der Waals surface area contributed by atoms with E-state index in [1.54, 1.807) is 7.11 Å². The Morgan fingerprint density at radius 1 is 1.21 bits per heavy atom. The molecule has 0 spiro atoms. The Kier molecular flexibility index (Phi) is 8.29. The molecule has 1 saturated carbocycles. The van der Waals surface area contributed by atoms with Crippen LogP contribution in [0.3, 0.4) is 0 Å². The summed E-state index contributed by atoms with van der Waals surface area (Å²) in [6.45, 7) is 3.50. The highest BCUT2D eigenvalue weighted by Gasteiger charge is 2.41. The van der Waals surface area contributed by atoms with E-state index in [4.69, 9.17) is 19.2 Å². The van der Waals surface area contributed by atoms with Crippen molar-refractivity contribution in [3.8, 4) is 11.5 Å². The normalized spacial score (nSPS) is 26.3. The zero-order chi connectivity index (χ0) is 19.3. The number of ether oxygens (including phenoxy) is 3. The largest absolute Gasteiger partial charge is 0.497 e. The van der Waals surface area contributed by atoms with Gasteiger partial charge in [0.15, 0.2) is 5.96 Å². The molecule has 4 rings (SSSR count). The highest BCUT2D eigenvalue weighted by molar-refractivity contribution is 14.0. The molecule has 2 heterocycles. The van der Waals surface area contributed by atoms with E-state index in [9.17, 15) is 0 Å². The molecule has 29 heavy (non-hydrogen) atoms. The molecule has 6 nitrogen and oxygen atoms in total. The number of fused-ring (bicyclic) bond motifs is 2. The highest BCUT2D eigenvalue weighted by atomic mass is 127. The van der Waals surface area contributed by atoms with Crippen LogP contribution in [-0.4, -0.2) is 44.0 Å². The lowest BCUT2D eigenvalue weighted by molar-refractivity contribution is 0.0992. The van der Waals surface area contributed by atoms with Crippen LogP contribution in [0, 0.1) is 0 Å². The van der Waals surface area contributed by atoms with Crippen LogP contribution in [0.4, 0.5) is 0 Å². The second-order valence-electron chi connectivity index (χ2n) is 8.05. The molecule has 0 radical (unpaired) electrons. The first-order valence-corrected chi connectivity index (χ1v) is 10.8. The van der Waals surface area contributed by atoms with E-state index in [1.165, 1.54) is 19.3 Å². The van der Waals surface area contributed by atoms with Crippen molar-refractivity contribution in [1.82, 2.24) is 10.6 Å². The van der Waals surface area contributed by atoms with Gasteiger partial charge in [-0.15, -0.1) is 24.0 Å². The van der Waals surface area contributed by atoms with Crippen LogP contribution in [0.2, 0.25) is 0 Å². The minimum Gasteiger partial charge on any atom is -0.497 e. The minimum atomic E-state index is 0. The number of nitrogens with zero attached hydrogens (tertiary/aromatic N) is 1. The molecule has 7 heteroatoms. The fourth-order valence-electron chi connectivity index (χ4n) is 4.54. The van der Waals surface area contributed by atoms with Gasteiger partial charge in [-0.1, -0.05) is 0 Å². The van der Waals surface area contributed by atoms with Crippen molar-refractivity contribution in [2.24, 2.45) is 4.99 Å². The zero-order valence-corrected chi connectivity index (χ0v) is 19.8. The van der Waals surface area contributed by atoms with Crippen molar-refractivity contribution >= 4 is 29.9 Å². The minimum absolute atomic E-state index is 0. The number of hydrogen-bond donors (Lipinski definition) is 2. The van der Waals surface area contributed by atoms with E-state index >= 15 is 0 Å². The van der Waals surface area contributed by atoms with Crippen molar-refractivity contribution in [3.63, 3.8) is 0 Å². The van der Waals surface area contributed by atoms with Gasteiger partial charge in [-0.05, 0) is 64.0 Å². The maximum atomic E-state index is 6.30. The molecule has 1 aromatic carbocycles. The first kappa shape index (κ1) is 22.5. The quantitative estimate of drug-likeness (QED) is 0.327. The maximum Gasteiger partial charge on any atom is 0.191 e. The molecule has 1 aromatic rings. The SMILES string of the molecule is CCNC(=NCc1ccc(OC)cc1OC1CCCC1)NC1CC2CCC1O2.I. The van der Waals surface area contributed by atoms with Gasteiger partial charge < -0.3 is 24.8 Å². The average molecular weight is 515 g/mol. The fourth-order valence-corrected chi connectivity index (χ4v) is 4.54. The van der Waals surface area contributed by atoms with Crippen LogP contribution < -0.4 is 20.1 Å². The number of rotatable bonds is 7. The molecule has 3 fully saturated rings. The molecular weight excluding hydrogens is 481 g/mol. The molecule has 2 aliphatic heterocycles. The Morgan fingerprint density at radius 3 is 2.69 bits per heavy atom. The second kappa shape index (κ2) is 10.7. The summed E-state index contributed by atoms with van der Waals surface area (Å²) in [5.41, 5.74) is 1.09. The van der Waals surface area contributed by atoms with Gasteiger partial charge in [-0.2, -0.15) is 0 Å². The molecule has 162 valence electrons. The third-order valence-electron chi connectivity index (χ3n) is 6.05. The summed E-state index contributed by atoms with van der Waals surface area (Å²) in [5, 5.41) is 6.95. The summed E-state index contributed by atoms with van der Waals surface area (Å²) in [7, 11) is 1.69. The molecule has 1 aliphatic carbocycles. The van der Waals surface area contributed by atoms with E-state index in [-0.39, 0.29) is 24.0 Å². The maximum absolute atomic E-state index is 6.30. The first-order valence-electron chi connectivity index (χ1n) is 10.8. The molecule has 2 saturated heterocycles. The zero-order valence-electron chi connectivity index (χ0n) is 17.5. The Bertz CT molecular complexity index is 694. The molecule has 3 unspecified atom stereocenters. The van der Waals surface area contributed by atoms with Crippen molar-refractivity contribution in [2.75, 3.05) is 13.7 Å². The van der Waals surface area contributed by atoms with Crippen LogP contribution in [0.25, 0.3) is 0 Å². The molecule has 3 atom stereocenters. The predicted octanol–water partition coefficient (Wildman–Crippen LogP) is 4.01. The van der Waals surface area contributed by atoms with Crippen molar-refractivity contribution in [1.29, 1.82) is 0 Å². The number of guanidine groups is 1. The molecule has 0 amide bonds. The van der Waals surface area contributed by atoms with Gasteiger partial charge in [0.1, 0.15) is 11.5 Å². The van der Waals surface area contributed by atoms with Gasteiger partial charge >= 0.3 is 0 Å². The van der Waals surface area contributed by atoms with Crippen molar-refractivity contribution in [3.05, 3.63) is 23.8 Å². The van der Waals surface area contributed by atoms with E-state index in [0.29, 0.717) is 30.9 Å². The Labute approximate surface area is 191 Å². The van der Waals surface area contributed by atoms with E-state index in [0.717, 1.165) is 55.3 Å². The van der Waals surface area contributed by atoms with Gasteiger partial charge in [0, 0.05) is 18.2 Å². The predicted molar refractivity (Wildman–Crippen MR) is 126 cm³/mol. The fraction of sp³-hybridized carbons (Fsp3) is 0.682. The van der Waals surface area contributed by atoms with Gasteiger partial charge in [0.05, 0.1) is 38.0 Å². The summed E-state index contributed by atoms with van der Waals surface area (Å²) in [5.74, 6) is 2.57. The Morgan fingerprint density at radius 2 is 2.03 bits per heavy atom. The molecular formula is C22H34IN3O3. The summed E-state index contributed by atoms with van der Waals surface area (Å²) in [6, 6.07) is 6.40.